The number of aryl methyl sites for hydroxylation is 1. The van der Waals surface area contributed by atoms with Crippen LogP contribution in [0.3, 0.4) is 0 Å². The first-order valence-corrected chi connectivity index (χ1v) is 9.52. The summed E-state index contributed by atoms with van der Waals surface area (Å²) >= 11 is 0. The molecule has 0 fully saturated rings. The second kappa shape index (κ2) is 10.6. The quantitative estimate of drug-likeness (QED) is 0.491. The highest BCUT2D eigenvalue weighted by Gasteiger charge is 2.38. The number of carbonyl (C=O) groups excluding carboxylic acids is 1. The first-order valence-electron chi connectivity index (χ1n) is 9.52. The molecule has 3 aromatic rings. The maximum Gasteiger partial charge on any atom is 0.490 e. The smallest absolute Gasteiger partial charge is 0.475 e. The molecule has 172 valence electrons. The highest BCUT2D eigenvalue weighted by atomic mass is 19.4. The maximum atomic E-state index is 11.6. The summed E-state index contributed by atoms with van der Waals surface area (Å²) in [4.78, 5) is 25.1. The summed E-state index contributed by atoms with van der Waals surface area (Å²) in [5, 5.41) is 10.4. The number of aliphatic carboxylic acids is 1. The standard InChI is InChI=1S/C19H22N4O2.C2HF3O2/c1-3-25-18(24)15(20)12-13-8-10-14(11-9-13)21-19-22-16-6-4-5-7-17(16)23(19)2;3-2(4,5)1(6)7/h4-11,15H,3,12,20H2,1-2H3,(H,21,22);(H,6,7)/t15-;/m0./s1. The van der Waals surface area contributed by atoms with Crippen molar-refractivity contribution in [1.29, 1.82) is 0 Å². The van der Waals surface area contributed by atoms with Crippen LogP contribution in [0.25, 0.3) is 11.0 Å². The summed E-state index contributed by atoms with van der Waals surface area (Å²) in [6, 6.07) is 15.1. The lowest BCUT2D eigenvalue weighted by Crippen LogP contribution is -2.34. The number of anilines is 2. The fourth-order valence-corrected chi connectivity index (χ4v) is 2.70. The van der Waals surface area contributed by atoms with Gasteiger partial charge < -0.3 is 25.5 Å². The number of imidazole rings is 1. The fraction of sp³-hybridized carbons (Fsp3) is 0.286. The Balaban J connectivity index is 0.000000451. The molecule has 32 heavy (non-hydrogen) atoms. The normalized spacial score (nSPS) is 11.9. The van der Waals surface area contributed by atoms with E-state index in [1.165, 1.54) is 0 Å². The number of halogens is 3. The number of nitrogens with zero attached hydrogens (tertiary/aromatic N) is 2. The molecule has 8 nitrogen and oxygen atoms in total. The molecule has 1 heterocycles. The number of carboxylic acid groups (broad SMARTS) is 1. The predicted octanol–water partition coefficient (Wildman–Crippen LogP) is 3.38. The molecule has 0 aliphatic heterocycles. The van der Waals surface area contributed by atoms with Crippen molar-refractivity contribution in [2.24, 2.45) is 12.8 Å². The lowest BCUT2D eigenvalue weighted by Gasteiger charge is -2.11. The van der Waals surface area contributed by atoms with Crippen molar-refractivity contribution in [3.63, 3.8) is 0 Å². The Bertz CT molecular complexity index is 1070. The molecule has 0 aliphatic carbocycles. The van der Waals surface area contributed by atoms with Gasteiger partial charge in [-0.2, -0.15) is 13.2 Å². The maximum absolute atomic E-state index is 11.6. The summed E-state index contributed by atoms with van der Waals surface area (Å²) in [5.74, 6) is -2.35. The number of carbonyl (C=O) groups is 2. The predicted molar refractivity (Wildman–Crippen MR) is 112 cm³/mol. The average molecular weight is 452 g/mol. The molecule has 0 bridgehead atoms. The molecule has 0 unspecified atom stereocenters. The molecule has 0 radical (unpaired) electrons. The van der Waals surface area contributed by atoms with Crippen LogP contribution in [0.15, 0.2) is 48.5 Å². The van der Waals surface area contributed by atoms with Gasteiger partial charge in [-0.25, -0.2) is 9.78 Å². The first kappa shape index (κ1) is 24.7. The van der Waals surface area contributed by atoms with Gasteiger partial charge in [-0.05, 0) is 43.2 Å². The molecule has 0 saturated carbocycles. The van der Waals surface area contributed by atoms with Gasteiger partial charge in [0.05, 0.1) is 17.6 Å². The summed E-state index contributed by atoms with van der Waals surface area (Å²) < 4.78 is 38.7. The topological polar surface area (TPSA) is 119 Å². The van der Waals surface area contributed by atoms with Crippen LogP contribution in [0, 0.1) is 0 Å². The molecule has 0 amide bonds. The largest absolute Gasteiger partial charge is 0.490 e. The number of nitrogens with two attached hydrogens (primary N) is 1. The number of carboxylic acids is 1. The molecule has 0 spiro atoms. The van der Waals surface area contributed by atoms with Gasteiger partial charge in [0.1, 0.15) is 6.04 Å². The fourth-order valence-electron chi connectivity index (χ4n) is 2.70. The Morgan fingerprint density at radius 1 is 1.19 bits per heavy atom. The molecule has 0 saturated heterocycles. The van der Waals surface area contributed by atoms with Crippen molar-refractivity contribution in [3.8, 4) is 0 Å². The van der Waals surface area contributed by atoms with Crippen molar-refractivity contribution in [3.05, 3.63) is 54.1 Å². The van der Waals surface area contributed by atoms with Crippen LogP contribution in [0.2, 0.25) is 0 Å². The summed E-state index contributed by atoms with van der Waals surface area (Å²) in [5.41, 5.74) is 9.78. The Hall–Kier alpha value is -3.60. The zero-order valence-electron chi connectivity index (χ0n) is 17.4. The number of alkyl halides is 3. The molecule has 4 N–H and O–H groups in total. The van der Waals surface area contributed by atoms with Crippen LogP contribution >= 0.6 is 0 Å². The Labute approximate surface area is 181 Å². The van der Waals surface area contributed by atoms with E-state index in [9.17, 15) is 18.0 Å². The average Bonchev–Trinajstić information content (AvgIpc) is 3.05. The van der Waals surface area contributed by atoms with Gasteiger partial charge in [0, 0.05) is 12.7 Å². The van der Waals surface area contributed by atoms with Gasteiger partial charge in [-0.3, -0.25) is 4.79 Å². The Morgan fingerprint density at radius 2 is 1.78 bits per heavy atom. The van der Waals surface area contributed by atoms with E-state index in [1.807, 2.05) is 60.1 Å². The number of aromatic nitrogens is 2. The highest BCUT2D eigenvalue weighted by molar-refractivity contribution is 5.79. The van der Waals surface area contributed by atoms with Crippen molar-refractivity contribution < 1.29 is 32.6 Å². The molecular formula is C21H23F3N4O4. The molecule has 1 aromatic heterocycles. The van der Waals surface area contributed by atoms with Gasteiger partial charge >= 0.3 is 18.1 Å². The zero-order valence-corrected chi connectivity index (χ0v) is 17.4. The second-order valence-electron chi connectivity index (χ2n) is 6.67. The van der Waals surface area contributed by atoms with Gasteiger partial charge in [-0.1, -0.05) is 24.3 Å². The molecule has 3 rings (SSSR count). The van der Waals surface area contributed by atoms with E-state index in [1.54, 1.807) is 6.92 Å². The molecule has 11 heteroatoms. The number of ether oxygens (including phenoxy) is 1. The van der Waals surface area contributed by atoms with Crippen LogP contribution in [-0.2, 0) is 27.8 Å². The molecular weight excluding hydrogens is 429 g/mol. The van der Waals surface area contributed by atoms with Crippen LogP contribution < -0.4 is 11.1 Å². The SMILES string of the molecule is CCOC(=O)[C@@H](N)Cc1ccc(Nc2nc3ccccc3n2C)cc1.O=C(O)C(F)(F)F. The van der Waals surface area contributed by atoms with Crippen LogP contribution in [-0.4, -0.2) is 45.4 Å². The Kier molecular flexibility index (Phi) is 8.19. The Morgan fingerprint density at radius 3 is 2.31 bits per heavy atom. The highest BCUT2D eigenvalue weighted by Crippen LogP contribution is 2.21. The van der Waals surface area contributed by atoms with Gasteiger partial charge in [0.2, 0.25) is 5.95 Å². The summed E-state index contributed by atoms with van der Waals surface area (Å²) in [6.45, 7) is 2.11. The number of esters is 1. The van der Waals surface area contributed by atoms with E-state index in [0.29, 0.717) is 13.0 Å². The number of para-hydroxylation sites is 2. The summed E-state index contributed by atoms with van der Waals surface area (Å²) in [7, 11) is 1.98. The van der Waals surface area contributed by atoms with Crippen LogP contribution in [0.1, 0.15) is 12.5 Å². The van der Waals surface area contributed by atoms with E-state index >= 15 is 0 Å². The first-order chi connectivity index (χ1) is 15.0. The lowest BCUT2D eigenvalue weighted by atomic mass is 10.1. The third-order valence-electron chi connectivity index (χ3n) is 4.28. The third kappa shape index (κ3) is 6.71. The minimum Gasteiger partial charge on any atom is -0.475 e. The van der Waals surface area contributed by atoms with E-state index in [0.717, 1.165) is 28.2 Å². The number of rotatable bonds is 6. The molecule has 1 atom stereocenters. The van der Waals surface area contributed by atoms with Crippen molar-refractivity contribution in [2.75, 3.05) is 11.9 Å². The van der Waals surface area contributed by atoms with E-state index < -0.39 is 18.2 Å². The third-order valence-corrected chi connectivity index (χ3v) is 4.28. The molecule has 2 aromatic carbocycles. The number of hydrogen-bond donors (Lipinski definition) is 3. The second-order valence-corrected chi connectivity index (χ2v) is 6.67. The van der Waals surface area contributed by atoms with Crippen molar-refractivity contribution >= 4 is 34.6 Å². The van der Waals surface area contributed by atoms with E-state index in [4.69, 9.17) is 20.4 Å². The lowest BCUT2D eigenvalue weighted by molar-refractivity contribution is -0.192. The minimum atomic E-state index is -5.08. The van der Waals surface area contributed by atoms with E-state index in [2.05, 4.69) is 10.3 Å². The number of fused-ring (bicyclic) bond motifs is 1. The van der Waals surface area contributed by atoms with Gasteiger partial charge in [0.15, 0.2) is 0 Å². The summed E-state index contributed by atoms with van der Waals surface area (Å²) in [6.07, 6.45) is -4.63. The zero-order chi connectivity index (χ0) is 23.9. The van der Waals surface area contributed by atoms with Crippen LogP contribution in [0.4, 0.5) is 24.8 Å². The number of benzene rings is 2. The van der Waals surface area contributed by atoms with Gasteiger partial charge in [0.25, 0.3) is 0 Å². The van der Waals surface area contributed by atoms with Crippen LogP contribution in [0.5, 0.6) is 0 Å². The minimum absolute atomic E-state index is 0.341. The molecule has 0 aliphatic rings. The monoisotopic (exact) mass is 452 g/mol. The van der Waals surface area contributed by atoms with Gasteiger partial charge in [-0.15, -0.1) is 0 Å². The van der Waals surface area contributed by atoms with Crippen molar-refractivity contribution in [2.45, 2.75) is 25.6 Å². The van der Waals surface area contributed by atoms with E-state index in [-0.39, 0.29) is 5.97 Å². The number of nitrogens with one attached hydrogen (secondary N) is 1. The van der Waals surface area contributed by atoms with Crippen molar-refractivity contribution in [1.82, 2.24) is 9.55 Å². The number of hydrogen-bond acceptors (Lipinski definition) is 6.